The molecule has 1 atom stereocenters. The maximum Gasteiger partial charge on any atom is 0.226 e. The molecule has 5 aliphatic rings. The molecule has 26 heavy (non-hydrogen) atoms. The van der Waals surface area contributed by atoms with Gasteiger partial charge < -0.3 is 10.6 Å². The van der Waals surface area contributed by atoms with Crippen LogP contribution in [0.3, 0.4) is 0 Å². The minimum Gasteiger partial charge on any atom is -0.355 e. The fourth-order valence-corrected chi connectivity index (χ4v) is 8.47. The summed E-state index contributed by atoms with van der Waals surface area (Å²) in [5.74, 6) is 2.26. The summed E-state index contributed by atoms with van der Waals surface area (Å²) >= 11 is 0. The van der Waals surface area contributed by atoms with Gasteiger partial charge in [0, 0.05) is 18.4 Å². The van der Waals surface area contributed by atoms with Crippen LogP contribution in [0, 0.1) is 23.2 Å². The Hall–Kier alpha value is -1.11. The van der Waals surface area contributed by atoms with E-state index in [1.165, 1.54) is 19.3 Å². The molecule has 1 saturated heterocycles. The van der Waals surface area contributed by atoms with Crippen molar-refractivity contribution in [2.75, 3.05) is 18.1 Å². The van der Waals surface area contributed by atoms with Gasteiger partial charge in [0.05, 0.1) is 17.0 Å². The molecule has 0 radical (unpaired) electrons. The third kappa shape index (κ3) is 3.51. The minimum absolute atomic E-state index is 0.00533. The normalized spacial score (nSPS) is 42.6. The van der Waals surface area contributed by atoms with E-state index in [9.17, 15) is 18.0 Å². The zero-order valence-corrected chi connectivity index (χ0v) is 16.4. The van der Waals surface area contributed by atoms with Gasteiger partial charge in [-0.2, -0.15) is 0 Å². The number of hydrogen-bond donors (Lipinski definition) is 2. The Balaban J connectivity index is 1.26. The Kier molecular flexibility index (Phi) is 4.36. The molecule has 1 aliphatic heterocycles. The van der Waals surface area contributed by atoms with Gasteiger partial charge in [0.15, 0.2) is 9.84 Å². The maximum absolute atomic E-state index is 12.8. The summed E-state index contributed by atoms with van der Waals surface area (Å²) in [6, 6.07) is 0. The van der Waals surface area contributed by atoms with Gasteiger partial charge in [-0.25, -0.2) is 8.42 Å². The average Bonchev–Trinajstić information content (AvgIpc) is 2.78. The molecule has 0 aromatic carbocycles. The van der Waals surface area contributed by atoms with Crippen molar-refractivity contribution in [3.05, 3.63) is 0 Å². The van der Waals surface area contributed by atoms with Gasteiger partial charge >= 0.3 is 0 Å². The second-order valence-corrected chi connectivity index (χ2v) is 11.8. The summed E-state index contributed by atoms with van der Waals surface area (Å²) < 4.78 is 23.3. The van der Waals surface area contributed by atoms with Gasteiger partial charge in [-0.3, -0.25) is 9.59 Å². The van der Waals surface area contributed by atoms with Gasteiger partial charge in [0.25, 0.3) is 0 Å². The Bertz CT molecular complexity index is 682. The highest BCUT2D eigenvalue weighted by molar-refractivity contribution is 7.91. The first-order chi connectivity index (χ1) is 12.2. The van der Waals surface area contributed by atoms with E-state index in [-0.39, 0.29) is 35.2 Å². The third-order valence-electron chi connectivity index (χ3n) is 7.10. The molecule has 0 aromatic rings. The first-order valence-corrected chi connectivity index (χ1v) is 11.8. The average molecular weight is 383 g/mol. The standard InChI is InChI=1S/C19H30N2O4S/c1-18(3-5-26(24,25)12-18)21-16(22)2-4-20-17(23)19-9-13-6-14(10-19)8-15(7-13)11-19/h13-15H,2-12H2,1H3,(H,20,23)(H,21,22). The van der Waals surface area contributed by atoms with Crippen LogP contribution in [-0.4, -0.2) is 43.8 Å². The molecule has 6 nitrogen and oxygen atoms in total. The van der Waals surface area contributed by atoms with Crippen LogP contribution < -0.4 is 10.6 Å². The molecule has 0 aromatic heterocycles. The van der Waals surface area contributed by atoms with Crippen molar-refractivity contribution in [2.24, 2.45) is 23.2 Å². The molecule has 146 valence electrons. The first-order valence-electron chi connectivity index (χ1n) is 9.97. The van der Waals surface area contributed by atoms with E-state index in [1.54, 1.807) is 6.92 Å². The SMILES string of the molecule is CC1(NC(=O)CCNC(=O)C23CC4CC(CC(C4)C2)C3)CCS(=O)(=O)C1. The minimum atomic E-state index is -3.04. The predicted molar refractivity (Wildman–Crippen MR) is 98.1 cm³/mol. The largest absolute Gasteiger partial charge is 0.355 e. The van der Waals surface area contributed by atoms with E-state index in [0.717, 1.165) is 37.0 Å². The summed E-state index contributed by atoms with van der Waals surface area (Å²) in [7, 11) is -3.04. The number of hydrogen-bond acceptors (Lipinski definition) is 4. The molecular weight excluding hydrogens is 352 g/mol. The zero-order valence-electron chi connectivity index (χ0n) is 15.6. The monoisotopic (exact) mass is 382 g/mol. The van der Waals surface area contributed by atoms with E-state index in [2.05, 4.69) is 10.6 Å². The predicted octanol–water partition coefficient (Wildman–Crippen LogP) is 1.40. The molecule has 2 amide bonds. The molecular formula is C19H30N2O4S. The van der Waals surface area contributed by atoms with Crippen LogP contribution in [0.5, 0.6) is 0 Å². The lowest BCUT2D eigenvalue weighted by Crippen LogP contribution is -2.54. The fraction of sp³-hybridized carbons (Fsp3) is 0.895. The quantitative estimate of drug-likeness (QED) is 0.752. The highest BCUT2D eigenvalue weighted by Gasteiger charge is 2.54. The molecule has 7 heteroatoms. The Morgan fingerprint density at radius 1 is 1.04 bits per heavy atom. The molecule has 4 aliphatic carbocycles. The fourth-order valence-electron chi connectivity index (χ4n) is 6.37. The molecule has 5 fully saturated rings. The molecule has 1 heterocycles. The lowest BCUT2D eigenvalue weighted by Gasteiger charge is -2.55. The summed E-state index contributed by atoms with van der Waals surface area (Å²) in [6.45, 7) is 2.11. The van der Waals surface area contributed by atoms with Crippen molar-refractivity contribution in [1.29, 1.82) is 0 Å². The molecule has 1 unspecified atom stereocenters. The first kappa shape index (κ1) is 18.3. The van der Waals surface area contributed by atoms with Crippen LogP contribution in [0.1, 0.15) is 58.3 Å². The van der Waals surface area contributed by atoms with Crippen LogP contribution in [0.15, 0.2) is 0 Å². The smallest absolute Gasteiger partial charge is 0.226 e. The molecule has 4 saturated carbocycles. The summed E-state index contributed by atoms with van der Waals surface area (Å²) in [4.78, 5) is 25.0. The maximum atomic E-state index is 12.8. The molecule has 2 N–H and O–H groups in total. The number of rotatable bonds is 5. The van der Waals surface area contributed by atoms with E-state index in [4.69, 9.17) is 0 Å². The third-order valence-corrected chi connectivity index (χ3v) is 9.01. The number of carbonyl (C=O) groups excluding carboxylic acids is 2. The van der Waals surface area contributed by atoms with Gasteiger partial charge in [0.2, 0.25) is 11.8 Å². The lowest BCUT2D eigenvalue weighted by atomic mass is 9.49. The van der Waals surface area contributed by atoms with E-state index >= 15 is 0 Å². The topological polar surface area (TPSA) is 92.3 Å². The van der Waals surface area contributed by atoms with Crippen molar-refractivity contribution >= 4 is 21.7 Å². The number of carbonyl (C=O) groups is 2. The van der Waals surface area contributed by atoms with Gasteiger partial charge in [0.1, 0.15) is 0 Å². The lowest BCUT2D eigenvalue weighted by molar-refractivity contribution is -0.146. The zero-order chi connectivity index (χ0) is 18.6. The van der Waals surface area contributed by atoms with Crippen LogP contribution in [-0.2, 0) is 19.4 Å². The van der Waals surface area contributed by atoms with Crippen molar-refractivity contribution in [3.8, 4) is 0 Å². The second-order valence-electron chi connectivity index (χ2n) is 9.65. The van der Waals surface area contributed by atoms with Gasteiger partial charge in [-0.1, -0.05) is 0 Å². The summed E-state index contributed by atoms with van der Waals surface area (Å²) in [6.07, 6.45) is 7.63. The Morgan fingerprint density at radius 3 is 2.12 bits per heavy atom. The highest BCUT2D eigenvalue weighted by atomic mass is 32.2. The Labute approximate surface area is 155 Å². The highest BCUT2D eigenvalue weighted by Crippen LogP contribution is 2.60. The summed E-state index contributed by atoms with van der Waals surface area (Å²) in [5.41, 5.74) is -0.851. The van der Waals surface area contributed by atoms with E-state index in [0.29, 0.717) is 13.0 Å². The second kappa shape index (κ2) is 6.21. The number of sulfone groups is 1. The number of amides is 2. The van der Waals surface area contributed by atoms with E-state index in [1.807, 2.05) is 0 Å². The van der Waals surface area contributed by atoms with Crippen LogP contribution in [0.2, 0.25) is 0 Å². The van der Waals surface area contributed by atoms with Crippen molar-refractivity contribution < 1.29 is 18.0 Å². The molecule has 5 rings (SSSR count). The molecule has 0 spiro atoms. The van der Waals surface area contributed by atoms with Gasteiger partial charge in [-0.05, 0) is 69.6 Å². The summed E-state index contributed by atoms with van der Waals surface area (Å²) in [5, 5.41) is 5.86. The number of nitrogens with one attached hydrogen (secondary N) is 2. The van der Waals surface area contributed by atoms with Crippen molar-refractivity contribution in [3.63, 3.8) is 0 Å². The van der Waals surface area contributed by atoms with Crippen LogP contribution in [0.4, 0.5) is 0 Å². The Morgan fingerprint density at radius 2 is 1.62 bits per heavy atom. The van der Waals surface area contributed by atoms with Gasteiger partial charge in [-0.15, -0.1) is 0 Å². The molecule has 4 bridgehead atoms. The van der Waals surface area contributed by atoms with Crippen LogP contribution in [0.25, 0.3) is 0 Å². The van der Waals surface area contributed by atoms with E-state index < -0.39 is 15.4 Å². The van der Waals surface area contributed by atoms with Crippen molar-refractivity contribution in [2.45, 2.75) is 63.8 Å². The van der Waals surface area contributed by atoms with Crippen LogP contribution >= 0.6 is 0 Å². The van der Waals surface area contributed by atoms with Crippen molar-refractivity contribution in [1.82, 2.24) is 10.6 Å².